The zero-order valence-corrected chi connectivity index (χ0v) is 22.7. The van der Waals surface area contributed by atoms with Gasteiger partial charge in [-0.05, 0) is 67.3 Å². The molecule has 0 aliphatic carbocycles. The number of aryl methyl sites for hydroxylation is 1. The summed E-state index contributed by atoms with van der Waals surface area (Å²) in [5, 5.41) is 0.499. The van der Waals surface area contributed by atoms with Crippen molar-refractivity contribution in [3.8, 4) is 11.5 Å². The average molecular weight is 541 g/mol. The van der Waals surface area contributed by atoms with E-state index in [9.17, 15) is 8.42 Å². The second kappa shape index (κ2) is 12.8. The molecular weight excluding hydrogens is 512 g/mol. The van der Waals surface area contributed by atoms with Crippen molar-refractivity contribution in [1.82, 2.24) is 9.29 Å². The summed E-state index contributed by atoms with van der Waals surface area (Å²) < 4.78 is 39.7. The van der Waals surface area contributed by atoms with Gasteiger partial charge < -0.3 is 9.47 Å². The molecule has 1 heterocycles. The Kier molecular flexibility index (Phi) is 10.1. The van der Waals surface area contributed by atoms with Crippen LogP contribution in [0.2, 0.25) is 5.02 Å². The van der Waals surface area contributed by atoms with Gasteiger partial charge in [0.05, 0.1) is 29.8 Å². The van der Waals surface area contributed by atoms with Crippen molar-refractivity contribution in [2.45, 2.75) is 31.2 Å². The van der Waals surface area contributed by atoms with Gasteiger partial charge in [-0.1, -0.05) is 17.7 Å². The molecule has 0 unspecified atom stereocenters. The maximum atomic E-state index is 13.4. The molecule has 0 atom stereocenters. The van der Waals surface area contributed by atoms with E-state index in [4.69, 9.17) is 21.1 Å². The standard InChI is InChI=1S/C24H29ClN2O4S3/c1-18-24(33-17-26-18)11-13-31-22-10-5-19(15-23(22)30-2)16-27(12-4-14-32-3)34(28,29)21-8-6-20(25)7-9-21/h5-10,15,17H,4,11-14,16H2,1-3H3. The largest absolute Gasteiger partial charge is 0.493 e. The molecule has 0 bridgehead atoms. The molecular formula is C24H29ClN2O4S3. The van der Waals surface area contributed by atoms with Gasteiger partial charge in [0, 0.05) is 29.4 Å². The number of ether oxygens (including phenoxy) is 2. The fraction of sp³-hybridized carbons (Fsp3) is 0.375. The molecule has 0 saturated heterocycles. The fourth-order valence-electron chi connectivity index (χ4n) is 3.38. The van der Waals surface area contributed by atoms with Crippen LogP contribution in [0.5, 0.6) is 11.5 Å². The zero-order chi connectivity index (χ0) is 24.6. The summed E-state index contributed by atoms with van der Waals surface area (Å²) in [7, 11) is -2.10. The summed E-state index contributed by atoms with van der Waals surface area (Å²) in [5.41, 5.74) is 3.69. The first-order valence-corrected chi connectivity index (χ1v) is 14.9. The molecule has 0 amide bonds. The normalized spacial score (nSPS) is 11.7. The molecule has 1 aromatic heterocycles. The monoisotopic (exact) mass is 540 g/mol. The number of sulfonamides is 1. The summed E-state index contributed by atoms with van der Waals surface area (Å²) in [4.78, 5) is 5.69. The second-order valence-electron chi connectivity index (χ2n) is 7.58. The summed E-state index contributed by atoms with van der Waals surface area (Å²) in [5.74, 6) is 2.08. The van der Waals surface area contributed by atoms with Crippen LogP contribution in [0.1, 0.15) is 22.6 Å². The molecule has 3 rings (SSSR count). The van der Waals surface area contributed by atoms with E-state index in [2.05, 4.69) is 4.98 Å². The molecule has 0 spiro atoms. The van der Waals surface area contributed by atoms with Gasteiger partial charge in [-0.25, -0.2) is 13.4 Å². The summed E-state index contributed by atoms with van der Waals surface area (Å²) in [6.45, 7) is 3.14. The number of thiazole rings is 1. The number of hydrogen-bond donors (Lipinski definition) is 0. The molecule has 0 aliphatic rings. The second-order valence-corrected chi connectivity index (χ2v) is 11.9. The Bertz CT molecular complexity index is 1170. The van der Waals surface area contributed by atoms with Gasteiger partial charge in [0.25, 0.3) is 0 Å². The van der Waals surface area contributed by atoms with E-state index in [0.29, 0.717) is 29.7 Å². The molecule has 3 aromatic rings. The first-order chi connectivity index (χ1) is 16.3. The van der Waals surface area contributed by atoms with Gasteiger partial charge in [0.1, 0.15) is 0 Å². The Labute approximate surface area is 215 Å². The maximum absolute atomic E-state index is 13.4. The minimum absolute atomic E-state index is 0.228. The topological polar surface area (TPSA) is 68.7 Å². The summed E-state index contributed by atoms with van der Waals surface area (Å²) >= 11 is 9.27. The molecule has 0 aliphatic heterocycles. The lowest BCUT2D eigenvalue weighted by Crippen LogP contribution is -2.32. The van der Waals surface area contributed by atoms with E-state index in [1.807, 2.05) is 36.9 Å². The molecule has 10 heteroatoms. The van der Waals surface area contributed by atoms with Crippen LogP contribution in [-0.4, -0.2) is 50.0 Å². The van der Waals surface area contributed by atoms with Crippen LogP contribution in [0.15, 0.2) is 52.9 Å². The Morgan fingerprint density at radius 2 is 1.91 bits per heavy atom. The number of rotatable bonds is 13. The van der Waals surface area contributed by atoms with Crippen molar-refractivity contribution in [1.29, 1.82) is 0 Å². The van der Waals surface area contributed by atoms with Crippen molar-refractivity contribution in [2.24, 2.45) is 0 Å². The van der Waals surface area contributed by atoms with Gasteiger partial charge in [0.2, 0.25) is 10.0 Å². The van der Waals surface area contributed by atoms with Crippen LogP contribution < -0.4 is 9.47 Å². The van der Waals surface area contributed by atoms with Gasteiger partial charge >= 0.3 is 0 Å². The fourth-order valence-corrected chi connectivity index (χ4v) is 6.15. The Hall–Kier alpha value is -1.78. The van der Waals surface area contributed by atoms with E-state index in [1.165, 1.54) is 9.18 Å². The highest BCUT2D eigenvalue weighted by atomic mass is 35.5. The number of nitrogens with zero attached hydrogens (tertiary/aromatic N) is 2. The minimum atomic E-state index is -3.68. The third kappa shape index (κ3) is 7.11. The minimum Gasteiger partial charge on any atom is -0.493 e. The zero-order valence-electron chi connectivity index (χ0n) is 19.5. The highest BCUT2D eigenvalue weighted by molar-refractivity contribution is 7.98. The molecule has 0 saturated carbocycles. The predicted molar refractivity (Wildman–Crippen MR) is 141 cm³/mol. The van der Waals surface area contributed by atoms with E-state index >= 15 is 0 Å². The van der Waals surface area contributed by atoms with E-state index in [-0.39, 0.29) is 11.4 Å². The van der Waals surface area contributed by atoms with Crippen molar-refractivity contribution in [3.05, 3.63) is 69.1 Å². The van der Waals surface area contributed by atoms with Crippen LogP contribution in [0.3, 0.4) is 0 Å². The smallest absolute Gasteiger partial charge is 0.243 e. The molecule has 34 heavy (non-hydrogen) atoms. The molecule has 184 valence electrons. The Morgan fingerprint density at radius 1 is 1.15 bits per heavy atom. The maximum Gasteiger partial charge on any atom is 0.243 e. The summed E-state index contributed by atoms with van der Waals surface area (Å²) in [6, 6.07) is 11.8. The molecule has 0 fully saturated rings. The quantitative estimate of drug-likeness (QED) is 0.260. The Morgan fingerprint density at radius 3 is 2.56 bits per heavy atom. The first-order valence-electron chi connectivity index (χ1n) is 10.8. The van der Waals surface area contributed by atoms with Gasteiger partial charge in [0.15, 0.2) is 11.5 Å². The van der Waals surface area contributed by atoms with Crippen LogP contribution in [0, 0.1) is 6.92 Å². The highest BCUT2D eigenvalue weighted by Crippen LogP contribution is 2.30. The molecule has 0 N–H and O–H groups in total. The van der Waals surface area contributed by atoms with Crippen LogP contribution in [-0.2, 0) is 23.0 Å². The van der Waals surface area contributed by atoms with E-state index < -0.39 is 10.0 Å². The van der Waals surface area contributed by atoms with Crippen molar-refractivity contribution in [2.75, 3.05) is 32.3 Å². The van der Waals surface area contributed by atoms with E-state index in [0.717, 1.165) is 29.9 Å². The number of aromatic nitrogens is 1. The van der Waals surface area contributed by atoms with E-state index in [1.54, 1.807) is 54.5 Å². The van der Waals surface area contributed by atoms with Gasteiger partial charge in [-0.15, -0.1) is 11.3 Å². The predicted octanol–water partition coefficient (Wildman–Crippen LogP) is 5.68. The molecule has 2 aromatic carbocycles. The number of hydrogen-bond acceptors (Lipinski definition) is 7. The number of methoxy groups -OCH3 is 1. The average Bonchev–Trinajstić information content (AvgIpc) is 3.24. The lowest BCUT2D eigenvalue weighted by molar-refractivity contribution is 0.297. The number of benzene rings is 2. The van der Waals surface area contributed by atoms with Crippen molar-refractivity contribution < 1.29 is 17.9 Å². The van der Waals surface area contributed by atoms with Crippen LogP contribution in [0.25, 0.3) is 0 Å². The first kappa shape index (κ1) is 26.8. The number of thioether (sulfide) groups is 1. The van der Waals surface area contributed by atoms with Crippen LogP contribution >= 0.6 is 34.7 Å². The van der Waals surface area contributed by atoms with Crippen LogP contribution in [0.4, 0.5) is 0 Å². The number of halogens is 1. The SMILES string of the molecule is COc1cc(CN(CCCSC)S(=O)(=O)c2ccc(Cl)cc2)ccc1OCCc1scnc1C. The third-order valence-corrected chi connectivity index (χ3v) is 9.03. The lowest BCUT2D eigenvalue weighted by atomic mass is 10.2. The molecule has 0 radical (unpaired) electrons. The van der Waals surface area contributed by atoms with Crippen molar-refractivity contribution in [3.63, 3.8) is 0 Å². The Balaban J connectivity index is 1.75. The lowest BCUT2D eigenvalue weighted by Gasteiger charge is -2.23. The van der Waals surface area contributed by atoms with Crippen molar-refractivity contribution >= 4 is 44.7 Å². The molecule has 6 nitrogen and oxygen atoms in total. The highest BCUT2D eigenvalue weighted by Gasteiger charge is 2.25. The summed E-state index contributed by atoms with van der Waals surface area (Å²) in [6.07, 6.45) is 3.53. The third-order valence-electron chi connectivity index (χ3n) is 5.23. The van der Waals surface area contributed by atoms with Gasteiger partial charge in [-0.3, -0.25) is 0 Å². The van der Waals surface area contributed by atoms with Gasteiger partial charge in [-0.2, -0.15) is 16.1 Å².